The van der Waals surface area contributed by atoms with Crippen molar-refractivity contribution in [2.45, 2.75) is 33.2 Å². The van der Waals surface area contributed by atoms with Crippen LogP contribution in [0.1, 0.15) is 34.7 Å². The average Bonchev–Trinajstić information content (AvgIpc) is 2.35. The van der Waals surface area contributed by atoms with Gasteiger partial charge >= 0.3 is 0 Å². The molecule has 0 heterocycles. The van der Waals surface area contributed by atoms with Crippen LogP contribution in [0.4, 0.5) is 4.39 Å². The first kappa shape index (κ1) is 13.8. The molecule has 1 unspecified atom stereocenters. The molecule has 0 amide bonds. The minimum absolute atomic E-state index is 0.210. The van der Waals surface area contributed by atoms with Gasteiger partial charge in [-0.25, -0.2) is 4.39 Å². The van der Waals surface area contributed by atoms with Crippen LogP contribution in [0.15, 0.2) is 36.4 Å². The van der Waals surface area contributed by atoms with E-state index in [0.717, 1.165) is 11.1 Å². The topological polar surface area (TPSA) is 26.0 Å². The zero-order chi connectivity index (χ0) is 14.2. The van der Waals surface area contributed by atoms with Crippen LogP contribution < -0.4 is 5.73 Å². The van der Waals surface area contributed by atoms with Gasteiger partial charge in [0.15, 0.2) is 0 Å². The minimum atomic E-state index is -0.688. The highest BCUT2D eigenvalue weighted by Crippen LogP contribution is 2.29. The molecule has 0 fully saturated rings. The van der Waals surface area contributed by atoms with Gasteiger partial charge in [-0.05, 0) is 61.6 Å². The predicted molar refractivity (Wildman–Crippen MR) is 77.7 cm³/mol. The third-order valence-electron chi connectivity index (χ3n) is 3.88. The van der Waals surface area contributed by atoms with Crippen LogP contribution in [-0.4, -0.2) is 0 Å². The van der Waals surface area contributed by atoms with E-state index >= 15 is 0 Å². The molecular weight excluding hydrogens is 237 g/mol. The molecule has 2 aromatic carbocycles. The van der Waals surface area contributed by atoms with Crippen LogP contribution in [0.2, 0.25) is 0 Å². The van der Waals surface area contributed by atoms with E-state index in [1.54, 1.807) is 13.0 Å². The van der Waals surface area contributed by atoms with E-state index in [9.17, 15) is 4.39 Å². The van der Waals surface area contributed by atoms with Crippen molar-refractivity contribution in [2.75, 3.05) is 0 Å². The molecule has 0 saturated heterocycles. The Labute approximate surface area is 114 Å². The van der Waals surface area contributed by atoms with Gasteiger partial charge in [-0.1, -0.05) is 30.3 Å². The van der Waals surface area contributed by atoms with Gasteiger partial charge in [0.1, 0.15) is 5.82 Å². The second kappa shape index (κ2) is 4.78. The molecule has 0 aromatic heterocycles. The Bertz CT molecular complexity index is 561. The summed E-state index contributed by atoms with van der Waals surface area (Å²) in [5.41, 5.74) is 10.6. The lowest BCUT2D eigenvalue weighted by atomic mass is 9.84. The van der Waals surface area contributed by atoms with E-state index in [2.05, 4.69) is 26.0 Å². The lowest BCUT2D eigenvalue weighted by Gasteiger charge is -2.27. The lowest BCUT2D eigenvalue weighted by Crippen LogP contribution is -2.34. The molecule has 0 aliphatic rings. The van der Waals surface area contributed by atoms with Gasteiger partial charge in [0.25, 0.3) is 0 Å². The molecule has 2 aromatic rings. The average molecular weight is 257 g/mol. The maximum atomic E-state index is 13.7. The van der Waals surface area contributed by atoms with Gasteiger partial charge < -0.3 is 5.73 Å². The normalized spacial score (nSPS) is 14.2. The van der Waals surface area contributed by atoms with Gasteiger partial charge in [-0.3, -0.25) is 0 Å². The predicted octanol–water partition coefficient (Wildman–Crippen LogP) is 3.97. The third-order valence-corrected chi connectivity index (χ3v) is 3.88. The Balaban J connectivity index is 2.51. The number of nitrogens with two attached hydrogens (primary N) is 1. The van der Waals surface area contributed by atoms with E-state index in [1.165, 1.54) is 17.2 Å². The molecule has 100 valence electrons. The van der Waals surface area contributed by atoms with Crippen LogP contribution >= 0.6 is 0 Å². The summed E-state index contributed by atoms with van der Waals surface area (Å²) in [4.78, 5) is 0. The molecule has 0 aliphatic heterocycles. The molecule has 0 radical (unpaired) electrons. The number of benzene rings is 2. The SMILES string of the molecule is Cc1ccc(C(C)(N)c2ccc(C)c(F)c2)cc1C. The zero-order valence-electron chi connectivity index (χ0n) is 11.9. The molecule has 0 saturated carbocycles. The van der Waals surface area contributed by atoms with Crippen molar-refractivity contribution in [1.82, 2.24) is 0 Å². The molecule has 0 bridgehead atoms. The van der Waals surface area contributed by atoms with E-state index in [0.29, 0.717) is 5.56 Å². The Morgan fingerprint density at radius 1 is 0.842 bits per heavy atom. The summed E-state index contributed by atoms with van der Waals surface area (Å²) in [5.74, 6) is -0.210. The van der Waals surface area contributed by atoms with E-state index in [-0.39, 0.29) is 5.82 Å². The van der Waals surface area contributed by atoms with Crippen LogP contribution in [0.5, 0.6) is 0 Å². The van der Waals surface area contributed by atoms with Crippen molar-refractivity contribution in [3.8, 4) is 0 Å². The second-order valence-corrected chi connectivity index (χ2v) is 5.47. The maximum absolute atomic E-state index is 13.7. The fourth-order valence-corrected chi connectivity index (χ4v) is 2.15. The van der Waals surface area contributed by atoms with Crippen LogP contribution in [0, 0.1) is 26.6 Å². The number of hydrogen-bond donors (Lipinski definition) is 1. The van der Waals surface area contributed by atoms with Crippen LogP contribution in [0.25, 0.3) is 0 Å². The van der Waals surface area contributed by atoms with Crippen molar-refractivity contribution in [1.29, 1.82) is 0 Å². The number of aryl methyl sites for hydroxylation is 3. The van der Waals surface area contributed by atoms with Crippen molar-refractivity contribution >= 4 is 0 Å². The second-order valence-electron chi connectivity index (χ2n) is 5.47. The quantitative estimate of drug-likeness (QED) is 0.865. The summed E-state index contributed by atoms with van der Waals surface area (Å²) in [7, 11) is 0. The molecule has 2 N–H and O–H groups in total. The van der Waals surface area contributed by atoms with Gasteiger partial charge in [-0.15, -0.1) is 0 Å². The Morgan fingerprint density at radius 3 is 1.89 bits per heavy atom. The number of rotatable bonds is 2. The molecule has 0 aliphatic carbocycles. The highest BCUT2D eigenvalue weighted by Gasteiger charge is 2.24. The first-order valence-electron chi connectivity index (χ1n) is 6.45. The summed E-state index contributed by atoms with van der Waals surface area (Å²) >= 11 is 0. The van der Waals surface area contributed by atoms with E-state index in [4.69, 9.17) is 5.73 Å². The fourth-order valence-electron chi connectivity index (χ4n) is 2.15. The number of hydrogen-bond acceptors (Lipinski definition) is 1. The highest BCUT2D eigenvalue weighted by molar-refractivity contribution is 5.41. The minimum Gasteiger partial charge on any atom is -0.318 e. The third kappa shape index (κ3) is 2.54. The van der Waals surface area contributed by atoms with Crippen LogP contribution in [0.3, 0.4) is 0 Å². The number of halogens is 1. The summed E-state index contributed by atoms with van der Waals surface area (Å²) in [6.45, 7) is 7.80. The van der Waals surface area contributed by atoms with E-state index < -0.39 is 5.54 Å². The summed E-state index contributed by atoms with van der Waals surface area (Å²) < 4.78 is 13.7. The van der Waals surface area contributed by atoms with Crippen molar-refractivity contribution < 1.29 is 4.39 Å². The first-order chi connectivity index (χ1) is 8.82. The van der Waals surface area contributed by atoms with Gasteiger partial charge in [0.2, 0.25) is 0 Å². The first-order valence-corrected chi connectivity index (χ1v) is 6.45. The smallest absolute Gasteiger partial charge is 0.126 e. The Morgan fingerprint density at radius 2 is 1.37 bits per heavy atom. The molecule has 0 spiro atoms. The van der Waals surface area contributed by atoms with Crippen LogP contribution in [-0.2, 0) is 5.54 Å². The van der Waals surface area contributed by atoms with Gasteiger partial charge in [-0.2, -0.15) is 0 Å². The zero-order valence-corrected chi connectivity index (χ0v) is 11.9. The largest absolute Gasteiger partial charge is 0.318 e. The van der Waals surface area contributed by atoms with E-state index in [1.807, 2.05) is 19.1 Å². The molecular formula is C17H20FN. The lowest BCUT2D eigenvalue weighted by molar-refractivity contribution is 0.577. The van der Waals surface area contributed by atoms with Gasteiger partial charge in [0, 0.05) is 0 Å². The standard InChI is InChI=1S/C17H20FN/c1-11-5-7-14(9-13(11)3)17(4,19)15-8-6-12(2)16(18)10-15/h5-10H,19H2,1-4H3. The Hall–Kier alpha value is -1.67. The van der Waals surface area contributed by atoms with Crippen molar-refractivity contribution in [2.24, 2.45) is 5.73 Å². The Kier molecular flexibility index (Phi) is 3.46. The monoisotopic (exact) mass is 257 g/mol. The molecule has 2 rings (SSSR count). The van der Waals surface area contributed by atoms with Crippen molar-refractivity contribution in [3.63, 3.8) is 0 Å². The maximum Gasteiger partial charge on any atom is 0.126 e. The van der Waals surface area contributed by atoms with Crippen molar-refractivity contribution in [3.05, 3.63) is 70.0 Å². The molecule has 19 heavy (non-hydrogen) atoms. The summed E-state index contributed by atoms with van der Waals surface area (Å²) in [5, 5.41) is 0. The summed E-state index contributed by atoms with van der Waals surface area (Å²) in [6, 6.07) is 11.3. The highest BCUT2D eigenvalue weighted by atomic mass is 19.1. The molecule has 1 atom stereocenters. The fraction of sp³-hybridized carbons (Fsp3) is 0.294. The molecule has 1 nitrogen and oxygen atoms in total. The van der Waals surface area contributed by atoms with Gasteiger partial charge in [0.05, 0.1) is 5.54 Å². The summed E-state index contributed by atoms with van der Waals surface area (Å²) in [6.07, 6.45) is 0. The molecule has 2 heteroatoms.